The average Bonchev–Trinajstić information content (AvgIpc) is 2.48. The van der Waals surface area contributed by atoms with E-state index in [0.29, 0.717) is 12.1 Å². The fourth-order valence-electron chi connectivity index (χ4n) is 2.05. The summed E-state index contributed by atoms with van der Waals surface area (Å²) in [7, 11) is 0. The summed E-state index contributed by atoms with van der Waals surface area (Å²) in [5, 5.41) is 3.53. The molecule has 0 saturated carbocycles. The van der Waals surface area contributed by atoms with Gasteiger partial charge in [0.1, 0.15) is 5.82 Å². The number of halogens is 2. The van der Waals surface area contributed by atoms with Crippen LogP contribution in [0.1, 0.15) is 17.5 Å². The van der Waals surface area contributed by atoms with E-state index in [1.165, 1.54) is 11.6 Å². The molecule has 2 nitrogen and oxygen atoms in total. The molecule has 0 radical (unpaired) electrons. The van der Waals surface area contributed by atoms with Gasteiger partial charge in [0.25, 0.3) is 0 Å². The third-order valence-electron chi connectivity index (χ3n) is 3.19. The highest BCUT2D eigenvalue weighted by molar-refractivity contribution is 6.30. The Morgan fingerprint density at radius 1 is 1.10 bits per heavy atom. The lowest BCUT2D eigenvalue weighted by Gasteiger charge is -2.06. The van der Waals surface area contributed by atoms with Gasteiger partial charge in [-0.3, -0.25) is 4.79 Å². The third-order valence-corrected chi connectivity index (χ3v) is 3.44. The Kier molecular flexibility index (Phi) is 5.76. The number of hydrogen-bond donors (Lipinski definition) is 1. The van der Waals surface area contributed by atoms with Crippen LogP contribution in [0.3, 0.4) is 0 Å². The molecule has 0 heterocycles. The van der Waals surface area contributed by atoms with E-state index >= 15 is 0 Å². The van der Waals surface area contributed by atoms with Gasteiger partial charge in [-0.15, -0.1) is 0 Å². The molecule has 0 aliphatic carbocycles. The number of carbonyl (C=O) groups is 1. The maximum absolute atomic E-state index is 13.4. The van der Waals surface area contributed by atoms with Crippen molar-refractivity contribution in [1.82, 2.24) is 5.32 Å². The molecule has 0 aliphatic rings. The molecular formula is C17H17ClFNO. The zero-order chi connectivity index (χ0) is 15.1. The normalized spacial score (nSPS) is 10.4. The second kappa shape index (κ2) is 7.79. The average molecular weight is 306 g/mol. The molecule has 0 atom stereocenters. The number of aryl methyl sites for hydroxylation is 1. The molecule has 2 aromatic rings. The minimum atomic E-state index is -0.339. The van der Waals surface area contributed by atoms with E-state index in [1.54, 1.807) is 18.2 Å². The first-order valence-electron chi connectivity index (χ1n) is 6.90. The fourth-order valence-corrected chi connectivity index (χ4v) is 2.17. The van der Waals surface area contributed by atoms with Crippen molar-refractivity contribution < 1.29 is 9.18 Å². The molecule has 2 aromatic carbocycles. The Morgan fingerprint density at radius 3 is 2.52 bits per heavy atom. The van der Waals surface area contributed by atoms with Crippen molar-refractivity contribution in [3.63, 3.8) is 0 Å². The van der Waals surface area contributed by atoms with E-state index < -0.39 is 0 Å². The van der Waals surface area contributed by atoms with E-state index in [9.17, 15) is 9.18 Å². The van der Waals surface area contributed by atoms with Crippen molar-refractivity contribution in [3.8, 4) is 0 Å². The van der Waals surface area contributed by atoms with Crippen molar-refractivity contribution >= 4 is 17.5 Å². The highest BCUT2D eigenvalue weighted by atomic mass is 35.5. The molecule has 0 aromatic heterocycles. The Bertz CT molecular complexity index is 598. The van der Waals surface area contributed by atoms with Crippen LogP contribution in [-0.2, 0) is 17.6 Å². The monoisotopic (exact) mass is 305 g/mol. The summed E-state index contributed by atoms with van der Waals surface area (Å²) >= 11 is 5.82. The smallest absolute Gasteiger partial charge is 0.224 e. The second-order valence-electron chi connectivity index (χ2n) is 4.85. The zero-order valence-electron chi connectivity index (χ0n) is 11.6. The summed E-state index contributed by atoms with van der Waals surface area (Å²) in [6, 6.07) is 14.0. The Morgan fingerprint density at radius 2 is 1.81 bits per heavy atom. The number of amides is 1. The van der Waals surface area contributed by atoms with Crippen LogP contribution in [0.4, 0.5) is 4.39 Å². The topological polar surface area (TPSA) is 29.1 Å². The third kappa shape index (κ3) is 5.20. The molecule has 0 bridgehead atoms. The Hall–Kier alpha value is -1.87. The van der Waals surface area contributed by atoms with Crippen LogP contribution in [0.25, 0.3) is 0 Å². The van der Waals surface area contributed by atoms with Gasteiger partial charge >= 0.3 is 0 Å². The fraction of sp³-hybridized carbons (Fsp3) is 0.235. The van der Waals surface area contributed by atoms with E-state index in [2.05, 4.69) is 5.32 Å². The summed E-state index contributed by atoms with van der Waals surface area (Å²) in [6.07, 6.45) is 1.79. The Balaban J connectivity index is 1.70. The van der Waals surface area contributed by atoms with Crippen LogP contribution >= 0.6 is 11.6 Å². The van der Waals surface area contributed by atoms with Gasteiger partial charge in [0.05, 0.1) is 6.42 Å². The van der Waals surface area contributed by atoms with Crippen molar-refractivity contribution in [3.05, 3.63) is 70.5 Å². The van der Waals surface area contributed by atoms with Crippen LogP contribution in [0.5, 0.6) is 0 Å². The second-order valence-corrected chi connectivity index (χ2v) is 5.28. The first-order chi connectivity index (χ1) is 10.1. The first-order valence-corrected chi connectivity index (χ1v) is 7.27. The molecule has 2 rings (SSSR count). The lowest BCUT2D eigenvalue weighted by molar-refractivity contribution is -0.120. The molecule has 0 aliphatic heterocycles. The van der Waals surface area contributed by atoms with Crippen molar-refractivity contribution in [1.29, 1.82) is 0 Å². The van der Waals surface area contributed by atoms with Crippen LogP contribution in [0.15, 0.2) is 48.5 Å². The van der Waals surface area contributed by atoms with Crippen LogP contribution in [-0.4, -0.2) is 12.5 Å². The minimum Gasteiger partial charge on any atom is -0.356 e. The maximum Gasteiger partial charge on any atom is 0.224 e. The lowest BCUT2D eigenvalue weighted by Crippen LogP contribution is -2.26. The number of benzene rings is 2. The summed E-state index contributed by atoms with van der Waals surface area (Å²) < 4.78 is 13.4. The van der Waals surface area contributed by atoms with Gasteiger partial charge in [0, 0.05) is 11.6 Å². The zero-order valence-corrected chi connectivity index (χ0v) is 12.4. The molecule has 0 spiro atoms. The largest absolute Gasteiger partial charge is 0.356 e. The molecule has 0 saturated heterocycles. The number of carbonyl (C=O) groups excluding carboxylic acids is 1. The van der Waals surface area contributed by atoms with Crippen LogP contribution < -0.4 is 5.32 Å². The van der Waals surface area contributed by atoms with Gasteiger partial charge in [-0.05, 0) is 42.2 Å². The predicted molar refractivity (Wildman–Crippen MR) is 82.9 cm³/mol. The van der Waals surface area contributed by atoms with E-state index in [4.69, 9.17) is 11.6 Å². The van der Waals surface area contributed by atoms with Crippen LogP contribution in [0, 0.1) is 5.82 Å². The number of rotatable bonds is 6. The molecule has 21 heavy (non-hydrogen) atoms. The Labute approximate surface area is 128 Å². The van der Waals surface area contributed by atoms with Crippen molar-refractivity contribution in [2.75, 3.05) is 6.54 Å². The van der Waals surface area contributed by atoms with Gasteiger partial charge in [0.15, 0.2) is 0 Å². The first kappa shape index (κ1) is 15.5. The predicted octanol–water partition coefficient (Wildman–Crippen LogP) is 3.77. The molecule has 0 unspecified atom stereocenters. The molecular weight excluding hydrogens is 289 g/mol. The molecule has 0 fully saturated rings. The molecule has 110 valence electrons. The van der Waals surface area contributed by atoms with Gasteiger partial charge < -0.3 is 5.32 Å². The van der Waals surface area contributed by atoms with E-state index in [-0.39, 0.29) is 18.1 Å². The molecule has 1 N–H and O–H groups in total. The van der Waals surface area contributed by atoms with E-state index in [1.807, 2.05) is 24.3 Å². The lowest BCUT2D eigenvalue weighted by atomic mass is 10.1. The number of nitrogens with one attached hydrogen (secondary N) is 1. The van der Waals surface area contributed by atoms with Gasteiger partial charge in [-0.25, -0.2) is 4.39 Å². The number of hydrogen-bond acceptors (Lipinski definition) is 1. The van der Waals surface area contributed by atoms with Crippen molar-refractivity contribution in [2.24, 2.45) is 0 Å². The van der Waals surface area contributed by atoms with Crippen LogP contribution in [0.2, 0.25) is 5.02 Å². The SMILES string of the molecule is O=C(Cc1ccccc1F)NCCCc1ccc(Cl)cc1. The van der Waals surface area contributed by atoms with Crippen molar-refractivity contribution in [2.45, 2.75) is 19.3 Å². The minimum absolute atomic E-state index is 0.0770. The highest BCUT2D eigenvalue weighted by Crippen LogP contribution is 2.11. The maximum atomic E-state index is 13.4. The summed E-state index contributed by atoms with van der Waals surface area (Å²) in [5.41, 5.74) is 1.61. The standard InChI is InChI=1S/C17H17ClFNO/c18-15-9-7-13(8-10-15)4-3-11-20-17(21)12-14-5-1-2-6-16(14)19/h1-2,5-10H,3-4,11-12H2,(H,20,21). The summed E-state index contributed by atoms with van der Waals surface area (Å²) in [5.74, 6) is -0.495. The van der Waals surface area contributed by atoms with Gasteiger partial charge in [0.2, 0.25) is 5.91 Å². The van der Waals surface area contributed by atoms with Gasteiger partial charge in [-0.2, -0.15) is 0 Å². The quantitative estimate of drug-likeness (QED) is 0.809. The summed E-state index contributed by atoms with van der Waals surface area (Å²) in [6.45, 7) is 0.579. The highest BCUT2D eigenvalue weighted by Gasteiger charge is 2.06. The molecule has 4 heteroatoms. The summed E-state index contributed by atoms with van der Waals surface area (Å²) in [4.78, 5) is 11.7. The van der Waals surface area contributed by atoms with Gasteiger partial charge in [-0.1, -0.05) is 41.9 Å². The molecule has 1 amide bonds. The van der Waals surface area contributed by atoms with E-state index in [0.717, 1.165) is 17.9 Å².